The van der Waals surface area contributed by atoms with Crippen LogP contribution >= 0.6 is 0 Å². The van der Waals surface area contributed by atoms with Crippen molar-refractivity contribution in [2.24, 2.45) is 5.92 Å². The van der Waals surface area contributed by atoms with Crippen LogP contribution in [-0.4, -0.2) is 6.61 Å². The van der Waals surface area contributed by atoms with Crippen LogP contribution in [0.15, 0.2) is 24.3 Å². The third kappa shape index (κ3) is 4.87. The average molecular weight is 206 g/mol. The highest BCUT2D eigenvalue weighted by Gasteiger charge is 1.98. The van der Waals surface area contributed by atoms with Gasteiger partial charge in [0.05, 0.1) is 6.61 Å². The maximum absolute atomic E-state index is 5.69. The van der Waals surface area contributed by atoms with Gasteiger partial charge < -0.3 is 4.74 Å². The van der Waals surface area contributed by atoms with Crippen LogP contribution in [0, 0.1) is 5.92 Å². The highest BCUT2D eigenvalue weighted by atomic mass is 16.5. The zero-order chi connectivity index (χ0) is 11.1. The highest BCUT2D eigenvalue weighted by molar-refractivity contribution is 5.28. The summed E-state index contributed by atoms with van der Waals surface area (Å²) in [6, 6.07) is 8.47. The highest BCUT2D eigenvalue weighted by Crippen LogP contribution is 2.15. The molecule has 1 nitrogen and oxygen atoms in total. The summed E-state index contributed by atoms with van der Waals surface area (Å²) in [5, 5.41) is 0. The van der Waals surface area contributed by atoms with Gasteiger partial charge in [-0.15, -0.1) is 0 Å². The molecule has 15 heavy (non-hydrogen) atoms. The third-order valence-corrected chi connectivity index (χ3v) is 2.30. The lowest BCUT2D eigenvalue weighted by molar-refractivity contribution is 0.271. The molecular weight excluding hydrogens is 184 g/mol. The predicted molar refractivity (Wildman–Crippen MR) is 65.4 cm³/mol. The van der Waals surface area contributed by atoms with Gasteiger partial charge in [0.1, 0.15) is 5.75 Å². The fourth-order valence-corrected chi connectivity index (χ4v) is 1.43. The Morgan fingerprint density at radius 3 is 2.73 bits per heavy atom. The average Bonchev–Trinajstić information content (AvgIpc) is 2.24. The third-order valence-electron chi connectivity index (χ3n) is 2.30. The molecule has 0 heterocycles. The van der Waals surface area contributed by atoms with E-state index in [1.165, 1.54) is 18.4 Å². The van der Waals surface area contributed by atoms with Gasteiger partial charge in [-0.3, -0.25) is 0 Å². The zero-order valence-corrected chi connectivity index (χ0v) is 10.1. The van der Waals surface area contributed by atoms with Gasteiger partial charge >= 0.3 is 0 Å². The normalized spacial score (nSPS) is 10.7. The Balaban J connectivity index is 2.50. The van der Waals surface area contributed by atoms with Crippen LogP contribution in [0.25, 0.3) is 0 Å². The minimum absolute atomic E-state index is 0.587. The Hall–Kier alpha value is -0.980. The molecule has 0 amide bonds. The molecule has 1 aromatic rings. The Morgan fingerprint density at radius 2 is 2.07 bits per heavy atom. The van der Waals surface area contributed by atoms with E-state index in [1.54, 1.807) is 0 Å². The number of hydrogen-bond acceptors (Lipinski definition) is 1. The lowest BCUT2D eigenvalue weighted by Crippen LogP contribution is -2.04. The first-order chi connectivity index (χ1) is 7.22. The van der Waals surface area contributed by atoms with Crippen molar-refractivity contribution in [3.63, 3.8) is 0 Å². The van der Waals surface area contributed by atoms with E-state index in [0.717, 1.165) is 18.8 Å². The topological polar surface area (TPSA) is 9.23 Å². The van der Waals surface area contributed by atoms with E-state index in [4.69, 9.17) is 4.74 Å². The van der Waals surface area contributed by atoms with E-state index in [0.29, 0.717) is 5.92 Å². The van der Waals surface area contributed by atoms with Gasteiger partial charge in [-0.1, -0.05) is 39.3 Å². The molecule has 1 heteroatoms. The van der Waals surface area contributed by atoms with E-state index in [-0.39, 0.29) is 0 Å². The van der Waals surface area contributed by atoms with E-state index < -0.39 is 0 Å². The van der Waals surface area contributed by atoms with E-state index in [2.05, 4.69) is 39.0 Å². The summed E-state index contributed by atoms with van der Waals surface area (Å²) in [5.74, 6) is 1.60. The van der Waals surface area contributed by atoms with E-state index in [1.807, 2.05) is 6.07 Å². The Kier molecular flexibility index (Phi) is 5.23. The first-order valence-electron chi connectivity index (χ1n) is 5.94. The molecule has 0 aromatic heterocycles. The van der Waals surface area contributed by atoms with Gasteiger partial charge in [0.2, 0.25) is 0 Å². The maximum Gasteiger partial charge on any atom is 0.119 e. The van der Waals surface area contributed by atoms with Gasteiger partial charge in [0.15, 0.2) is 0 Å². The monoisotopic (exact) mass is 206 g/mol. The molecule has 0 bridgehead atoms. The van der Waals surface area contributed by atoms with Gasteiger partial charge in [-0.25, -0.2) is 0 Å². The number of unbranched alkanes of at least 4 members (excludes halogenated alkanes) is 1. The molecule has 0 aliphatic heterocycles. The molecular formula is C14H22O. The lowest BCUT2D eigenvalue weighted by Gasteiger charge is -2.09. The SMILES string of the molecule is CCCCc1cccc(OCC(C)C)c1. The van der Waals surface area contributed by atoms with Gasteiger partial charge in [-0.2, -0.15) is 0 Å². The summed E-state index contributed by atoms with van der Waals surface area (Å²) in [6.07, 6.45) is 3.67. The number of aryl methyl sites for hydroxylation is 1. The molecule has 0 saturated heterocycles. The fourth-order valence-electron chi connectivity index (χ4n) is 1.43. The molecule has 84 valence electrons. The molecule has 0 spiro atoms. The lowest BCUT2D eigenvalue weighted by atomic mass is 10.1. The minimum atomic E-state index is 0.587. The molecule has 0 fully saturated rings. The van der Waals surface area contributed by atoms with E-state index in [9.17, 15) is 0 Å². The van der Waals surface area contributed by atoms with Gasteiger partial charge in [-0.05, 0) is 36.5 Å². The molecule has 0 saturated carbocycles. The molecule has 0 N–H and O–H groups in total. The summed E-state index contributed by atoms with van der Waals surface area (Å²) < 4.78 is 5.69. The Labute approximate surface area is 93.5 Å². The van der Waals surface area contributed by atoms with Crippen LogP contribution in [0.3, 0.4) is 0 Å². The second-order valence-electron chi connectivity index (χ2n) is 4.46. The minimum Gasteiger partial charge on any atom is -0.493 e. The summed E-state index contributed by atoms with van der Waals surface area (Å²) in [5.41, 5.74) is 1.39. The number of hydrogen-bond donors (Lipinski definition) is 0. The molecule has 0 aliphatic rings. The first kappa shape index (κ1) is 12.1. The van der Waals surface area contributed by atoms with Crippen LogP contribution in [0.1, 0.15) is 39.2 Å². The number of benzene rings is 1. The van der Waals surface area contributed by atoms with Crippen molar-refractivity contribution in [2.75, 3.05) is 6.61 Å². The molecule has 0 aliphatic carbocycles. The quantitative estimate of drug-likeness (QED) is 0.682. The van der Waals surface area contributed by atoms with Crippen LogP contribution < -0.4 is 4.74 Å². The van der Waals surface area contributed by atoms with Crippen LogP contribution in [-0.2, 0) is 6.42 Å². The largest absolute Gasteiger partial charge is 0.493 e. The molecule has 1 aromatic carbocycles. The number of rotatable bonds is 6. The number of ether oxygens (including phenoxy) is 1. The fraction of sp³-hybridized carbons (Fsp3) is 0.571. The summed E-state index contributed by atoms with van der Waals surface area (Å²) >= 11 is 0. The smallest absolute Gasteiger partial charge is 0.119 e. The van der Waals surface area contributed by atoms with Crippen molar-refractivity contribution < 1.29 is 4.74 Å². The standard InChI is InChI=1S/C14H22O/c1-4-5-7-13-8-6-9-14(10-13)15-11-12(2)3/h6,8-10,12H,4-5,7,11H2,1-3H3. The van der Waals surface area contributed by atoms with Crippen LogP contribution in [0.5, 0.6) is 5.75 Å². The summed E-state index contributed by atoms with van der Waals surface area (Å²) in [7, 11) is 0. The molecule has 1 rings (SSSR count). The summed E-state index contributed by atoms with van der Waals surface area (Å²) in [4.78, 5) is 0. The van der Waals surface area contributed by atoms with Crippen molar-refractivity contribution in [1.29, 1.82) is 0 Å². The van der Waals surface area contributed by atoms with Crippen molar-refractivity contribution in [2.45, 2.75) is 40.0 Å². The van der Waals surface area contributed by atoms with Crippen molar-refractivity contribution in [1.82, 2.24) is 0 Å². The van der Waals surface area contributed by atoms with Crippen LogP contribution in [0.2, 0.25) is 0 Å². The molecule has 0 radical (unpaired) electrons. The molecule has 0 unspecified atom stereocenters. The van der Waals surface area contributed by atoms with Gasteiger partial charge in [0, 0.05) is 0 Å². The molecule has 0 atom stereocenters. The van der Waals surface area contributed by atoms with E-state index >= 15 is 0 Å². The predicted octanol–water partition coefficient (Wildman–Crippen LogP) is 4.06. The van der Waals surface area contributed by atoms with Crippen molar-refractivity contribution in [3.05, 3.63) is 29.8 Å². The van der Waals surface area contributed by atoms with Crippen molar-refractivity contribution in [3.8, 4) is 5.75 Å². The Morgan fingerprint density at radius 1 is 1.27 bits per heavy atom. The maximum atomic E-state index is 5.69. The summed E-state index contributed by atoms with van der Waals surface area (Å²) in [6.45, 7) is 7.36. The van der Waals surface area contributed by atoms with Gasteiger partial charge in [0.25, 0.3) is 0 Å². The first-order valence-corrected chi connectivity index (χ1v) is 5.94. The Bertz CT molecular complexity index is 278. The second kappa shape index (κ2) is 6.49. The second-order valence-corrected chi connectivity index (χ2v) is 4.46. The zero-order valence-electron chi connectivity index (χ0n) is 10.1. The van der Waals surface area contributed by atoms with Crippen LogP contribution in [0.4, 0.5) is 0 Å². The van der Waals surface area contributed by atoms with Crippen molar-refractivity contribution >= 4 is 0 Å².